The molecule has 3 N–H and O–H groups in total. The molecule has 0 unspecified atom stereocenters. The lowest BCUT2D eigenvalue weighted by Gasteiger charge is -2.31. The van der Waals surface area contributed by atoms with Gasteiger partial charge in [-0.15, -0.1) is 0 Å². The largest absolute Gasteiger partial charge is 0.468 e. The Morgan fingerprint density at radius 2 is 1.52 bits per heavy atom. The smallest absolute Gasteiger partial charge is 0.328 e. The fourth-order valence-corrected chi connectivity index (χ4v) is 2.12. The monoisotopic (exact) mass is 314 g/mol. The molecule has 0 bridgehead atoms. The van der Waals surface area contributed by atoms with E-state index >= 15 is 0 Å². The lowest BCUT2D eigenvalue weighted by atomic mass is 10.0. The molecule has 0 aromatic heterocycles. The zero-order valence-corrected chi connectivity index (χ0v) is 12.2. The number of carbonyl (C=O) groups excluding carboxylic acids is 3. The number of anilines is 1. The zero-order valence-electron chi connectivity index (χ0n) is 12.2. The van der Waals surface area contributed by atoms with Gasteiger partial charge in [-0.2, -0.15) is 0 Å². The highest BCUT2D eigenvalue weighted by Gasteiger charge is 2.48. The molecule has 2 aliphatic heterocycles. The number of imide groups is 2. The summed E-state index contributed by atoms with van der Waals surface area (Å²) >= 11 is 0. The number of barbiturate groups is 1. The molecule has 0 aliphatic carbocycles. The summed E-state index contributed by atoms with van der Waals surface area (Å²) in [6, 6.07) is 5.99. The molecule has 1 fully saturated rings. The first kappa shape index (κ1) is 14.6. The van der Waals surface area contributed by atoms with Crippen LogP contribution in [0.2, 0.25) is 0 Å². The fourth-order valence-electron chi connectivity index (χ4n) is 2.12. The third-order valence-corrected chi connectivity index (χ3v) is 3.44. The lowest BCUT2D eigenvalue weighted by Crippen LogP contribution is -2.67. The minimum absolute atomic E-state index is 0.332. The van der Waals surface area contributed by atoms with Crippen LogP contribution in [-0.4, -0.2) is 23.4 Å². The number of carbonyl (C=O) groups is 3. The van der Waals surface area contributed by atoms with Gasteiger partial charge in [-0.3, -0.25) is 20.2 Å². The first-order chi connectivity index (χ1) is 11.0. The number of rotatable bonds is 3. The number of nitrogens with zero attached hydrogens (tertiary/aromatic N) is 1. The molecule has 118 valence electrons. The average Bonchev–Trinajstić information content (AvgIpc) is 2.54. The number of hydrogen-bond acceptors (Lipinski definition) is 6. The summed E-state index contributed by atoms with van der Waals surface area (Å²) in [7, 11) is 0. The highest BCUT2D eigenvalue weighted by Crippen LogP contribution is 2.25. The summed E-state index contributed by atoms with van der Waals surface area (Å²) in [4.78, 5) is 36.8. The van der Waals surface area contributed by atoms with E-state index in [0.717, 1.165) is 5.69 Å². The van der Waals surface area contributed by atoms with Gasteiger partial charge in [0.15, 0.2) is 0 Å². The summed E-state index contributed by atoms with van der Waals surface area (Å²) in [6.45, 7) is 1.31. The van der Waals surface area contributed by atoms with E-state index in [1.807, 2.05) is 27.9 Å². The summed E-state index contributed by atoms with van der Waals surface area (Å²) < 4.78 is 5.51. The molecule has 8 heteroatoms. The van der Waals surface area contributed by atoms with E-state index in [9.17, 15) is 14.4 Å². The van der Waals surface area contributed by atoms with Crippen LogP contribution in [0, 0.1) is 0 Å². The second-order valence-corrected chi connectivity index (χ2v) is 5.07. The van der Waals surface area contributed by atoms with E-state index in [4.69, 9.17) is 4.74 Å². The van der Waals surface area contributed by atoms with Gasteiger partial charge in [-0.05, 0) is 31.2 Å². The maximum Gasteiger partial charge on any atom is 0.328 e. The van der Waals surface area contributed by atoms with E-state index in [1.54, 1.807) is 36.7 Å². The second-order valence-electron chi connectivity index (χ2n) is 5.07. The van der Waals surface area contributed by atoms with Crippen LogP contribution in [0.15, 0.2) is 49.1 Å². The van der Waals surface area contributed by atoms with Gasteiger partial charge in [0.1, 0.15) is 5.75 Å². The number of ether oxygens (including phenoxy) is 1. The van der Waals surface area contributed by atoms with Crippen molar-refractivity contribution in [2.45, 2.75) is 12.5 Å². The molecule has 0 saturated carbocycles. The maximum atomic E-state index is 11.9. The normalized spacial score (nSPS) is 19.0. The molecule has 1 saturated heterocycles. The molecule has 23 heavy (non-hydrogen) atoms. The molecule has 1 aromatic carbocycles. The number of benzene rings is 1. The van der Waals surface area contributed by atoms with Crippen molar-refractivity contribution in [3.05, 3.63) is 49.1 Å². The predicted octanol–water partition coefficient (Wildman–Crippen LogP) is 0.542. The van der Waals surface area contributed by atoms with Crippen molar-refractivity contribution in [3.8, 4) is 5.75 Å². The van der Waals surface area contributed by atoms with Crippen LogP contribution < -0.4 is 25.6 Å². The summed E-state index contributed by atoms with van der Waals surface area (Å²) in [6.07, 6.45) is 7.23. The van der Waals surface area contributed by atoms with Gasteiger partial charge in [-0.25, -0.2) is 4.79 Å². The Morgan fingerprint density at radius 1 is 0.957 bits per heavy atom. The molecular weight excluding hydrogens is 300 g/mol. The van der Waals surface area contributed by atoms with Gasteiger partial charge in [0, 0.05) is 30.5 Å². The van der Waals surface area contributed by atoms with E-state index in [0.29, 0.717) is 5.75 Å². The molecular formula is C15H14N4O4. The molecule has 3 rings (SSSR count). The Balaban J connectivity index is 1.77. The zero-order chi connectivity index (χ0) is 16.4. The van der Waals surface area contributed by atoms with Gasteiger partial charge in [-0.1, -0.05) is 0 Å². The third kappa shape index (κ3) is 2.73. The Bertz CT molecular complexity index is 691. The molecule has 1 aromatic rings. The Morgan fingerprint density at radius 3 is 2.09 bits per heavy atom. The van der Waals surface area contributed by atoms with Crippen LogP contribution >= 0.6 is 0 Å². The summed E-state index contributed by atoms with van der Waals surface area (Å²) in [5.74, 6) is -1.27. The quantitative estimate of drug-likeness (QED) is 0.704. The lowest BCUT2D eigenvalue weighted by molar-refractivity contribution is -0.149. The average molecular weight is 314 g/mol. The molecule has 0 spiro atoms. The van der Waals surface area contributed by atoms with Gasteiger partial charge < -0.3 is 15.0 Å². The molecule has 2 aliphatic rings. The maximum absolute atomic E-state index is 11.9. The Labute approximate surface area is 131 Å². The Hall–Kier alpha value is -3.29. The SMILES string of the molecule is CC1(Oc2ccc(N3C=CNC=C3)cc2)C(=O)NC(=O)NC1=O. The van der Waals surface area contributed by atoms with Crippen LogP contribution in [0.1, 0.15) is 6.92 Å². The van der Waals surface area contributed by atoms with Crippen molar-refractivity contribution in [2.75, 3.05) is 4.90 Å². The van der Waals surface area contributed by atoms with Crippen molar-refractivity contribution < 1.29 is 19.1 Å². The first-order valence-corrected chi connectivity index (χ1v) is 6.83. The van der Waals surface area contributed by atoms with E-state index in [2.05, 4.69) is 5.32 Å². The molecule has 4 amide bonds. The van der Waals surface area contributed by atoms with Crippen molar-refractivity contribution in [2.24, 2.45) is 0 Å². The number of hydrogen-bond donors (Lipinski definition) is 3. The van der Waals surface area contributed by atoms with Crippen molar-refractivity contribution in [3.63, 3.8) is 0 Å². The standard InChI is InChI=1S/C15H14N4O4/c1-15(12(20)17-14(22)18-13(15)21)23-11-4-2-10(3-5-11)19-8-6-16-7-9-19/h2-9,16H,1H3,(H2,17,18,20,21,22). The van der Waals surface area contributed by atoms with E-state index in [1.165, 1.54) is 6.92 Å². The van der Waals surface area contributed by atoms with Crippen LogP contribution in [-0.2, 0) is 9.59 Å². The predicted molar refractivity (Wildman–Crippen MR) is 81.1 cm³/mol. The number of amides is 4. The van der Waals surface area contributed by atoms with Crippen molar-refractivity contribution in [1.82, 2.24) is 16.0 Å². The minimum Gasteiger partial charge on any atom is -0.468 e. The first-order valence-electron chi connectivity index (χ1n) is 6.83. The van der Waals surface area contributed by atoms with Crippen molar-refractivity contribution >= 4 is 23.5 Å². The van der Waals surface area contributed by atoms with Crippen LogP contribution in [0.4, 0.5) is 10.5 Å². The summed E-state index contributed by atoms with van der Waals surface area (Å²) in [5.41, 5.74) is -0.922. The topological polar surface area (TPSA) is 99.8 Å². The van der Waals surface area contributed by atoms with Crippen LogP contribution in [0.25, 0.3) is 0 Å². The highest BCUT2D eigenvalue weighted by atomic mass is 16.5. The molecule has 0 radical (unpaired) electrons. The molecule has 2 heterocycles. The van der Waals surface area contributed by atoms with E-state index < -0.39 is 23.4 Å². The summed E-state index contributed by atoms with van der Waals surface area (Å²) in [5, 5.41) is 6.96. The van der Waals surface area contributed by atoms with Crippen LogP contribution in [0.5, 0.6) is 5.75 Å². The van der Waals surface area contributed by atoms with Crippen LogP contribution in [0.3, 0.4) is 0 Å². The highest BCUT2D eigenvalue weighted by molar-refractivity contribution is 6.21. The van der Waals surface area contributed by atoms with Crippen molar-refractivity contribution in [1.29, 1.82) is 0 Å². The molecule has 0 atom stereocenters. The second kappa shape index (κ2) is 5.48. The van der Waals surface area contributed by atoms with Gasteiger partial charge in [0.05, 0.1) is 0 Å². The fraction of sp³-hybridized carbons (Fsp3) is 0.133. The number of nitrogens with one attached hydrogen (secondary N) is 3. The Kier molecular flexibility index (Phi) is 3.49. The molecule has 8 nitrogen and oxygen atoms in total. The van der Waals surface area contributed by atoms with Gasteiger partial charge >= 0.3 is 6.03 Å². The minimum atomic E-state index is -1.80. The van der Waals surface area contributed by atoms with E-state index in [-0.39, 0.29) is 0 Å². The number of urea groups is 1. The van der Waals surface area contributed by atoms with Gasteiger partial charge in [0.2, 0.25) is 0 Å². The van der Waals surface area contributed by atoms with Gasteiger partial charge in [0.25, 0.3) is 17.4 Å². The third-order valence-electron chi connectivity index (χ3n) is 3.44.